The monoisotopic (exact) mass is 238 g/mol. The van der Waals surface area contributed by atoms with E-state index in [1.165, 1.54) is 12.8 Å². The van der Waals surface area contributed by atoms with Gasteiger partial charge in [-0.05, 0) is 33.6 Å². The van der Waals surface area contributed by atoms with Crippen molar-refractivity contribution >= 4 is 0 Å². The van der Waals surface area contributed by atoms with Gasteiger partial charge in [-0.25, -0.2) is 4.98 Å². The van der Waals surface area contributed by atoms with Gasteiger partial charge in [-0.3, -0.25) is 4.68 Å². The molecule has 0 bridgehead atoms. The Morgan fingerprint density at radius 1 is 1.47 bits per heavy atom. The normalized spacial score (nSPS) is 16.4. The molecule has 0 unspecified atom stereocenters. The van der Waals surface area contributed by atoms with Gasteiger partial charge in [0.25, 0.3) is 0 Å². The molecule has 1 saturated carbocycles. The molecule has 0 amide bonds. The quantitative estimate of drug-likeness (QED) is 0.812. The third-order valence-corrected chi connectivity index (χ3v) is 2.57. The van der Waals surface area contributed by atoms with Crippen molar-refractivity contribution in [2.45, 2.75) is 58.3 Å². The lowest BCUT2D eigenvalue weighted by Gasteiger charge is -2.19. The van der Waals surface area contributed by atoms with Crippen molar-refractivity contribution < 1.29 is 4.74 Å². The van der Waals surface area contributed by atoms with Gasteiger partial charge >= 0.3 is 0 Å². The minimum absolute atomic E-state index is 0.0864. The second-order valence-corrected chi connectivity index (χ2v) is 5.54. The molecule has 2 rings (SSSR count). The minimum atomic E-state index is -0.0864. The Kier molecular flexibility index (Phi) is 3.79. The lowest BCUT2D eigenvalue weighted by Crippen LogP contribution is -2.22. The molecule has 96 valence electrons. The van der Waals surface area contributed by atoms with Gasteiger partial charge in [-0.2, -0.15) is 5.10 Å². The lowest BCUT2D eigenvalue weighted by atomic mass is 10.2. The molecule has 1 aromatic rings. The van der Waals surface area contributed by atoms with Crippen LogP contribution in [-0.4, -0.2) is 33.0 Å². The Morgan fingerprint density at radius 2 is 2.24 bits per heavy atom. The third-order valence-electron chi connectivity index (χ3n) is 2.57. The number of nitrogens with zero attached hydrogens (tertiary/aromatic N) is 3. The number of hydrogen-bond donors (Lipinski definition) is 1. The zero-order chi connectivity index (χ0) is 12.3. The van der Waals surface area contributed by atoms with Crippen LogP contribution < -0.4 is 5.32 Å². The van der Waals surface area contributed by atoms with Crippen LogP contribution in [0.2, 0.25) is 0 Å². The fourth-order valence-corrected chi connectivity index (χ4v) is 1.49. The highest BCUT2D eigenvalue weighted by Crippen LogP contribution is 2.18. The van der Waals surface area contributed by atoms with E-state index in [2.05, 4.69) is 36.2 Å². The van der Waals surface area contributed by atoms with Crippen molar-refractivity contribution in [1.29, 1.82) is 0 Å². The van der Waals surface area contributed by atoms with Gasteiger partial charge in [0.1, 0.15) is 6.33 Å². The zero-order valence-corrected chi connectivity index (χ0v) is 10.9. The van der Waals surface area contributed by atoms with E-state index in [0.717, 1.165) is 18.9 Å². The summed E-state index contributed by atoms with van der Waals surface area (Å²) in [6.45, 7) is 8.37. The van der Waals surface area contributed by atoms with Gasteiger partial charge in [0.2, 0.25) is 0 Å². The molecule has 5 nitrogen and oxygen atoms in total. The summed E-state index contributed by atoms with van der Waals surface area (Å²) in [5.41, 5.74) is -0.0864. The van der Waals surface area contributed by atoms with E-state index in [4.69, 9.17) is 4.74 Å². The van der Waals surface area contributed by atoms with E-state index in [9.17, 15) is 0 Å². The first-order chi connectivity index (χ1) is 8.03. The van der Waals surface area contributed by atoms with E-state index in [1.54, 1.807) is 6.33 Å². The predicted octanol–water partition coefficient (Wildman–Crippen LogP) is 1.35. The molecule has 0 aliphatic heterocycles. The van der Waals surface area contributed by atoms with Gasteiger partial charge in [0.05, 0.1) is 25.3 Å². The topological polar surface area (TPSA) is 52.0 Å². The maximum absolute atomic E-state index is 5.65. The fraction of sp³-hybridized carbons (Fsp3) is 0.833. The largest absolute Gasteiger partial charge is 0.374 e. The Morgan fingerprint density at radius 3 is 2.88 bits per heavy atom. The van der Waals surface area contributed by atoms with Crippen LogP contribution in [-0.2, 0) is 17.8 Å². The van der Waals surface area contributed by atoms with Crippen LogP contribution >= 0.6 is 0 Å². The Labute approximate surface area is 103 Å². The molecule has 0 spiro atoms. The maximum atomic E-state index is 5.65. The molecule has 17 heavy (non-hydrogen) atoms. The molecule has 1 fully saturated rings. The maximum Gasteiger partial charge on any atom is 0.164 e. The smallest absolute Gasteiger partial charge is 0.164 e. The first-order valence-electron chi connectivity index (χ1n) is 6.28. The average Bonchev–Trinajstić information content (AvgIpc) is 2.95. The Hall–Kier alpha value is -0.940. The molecule has 0 atom stereocenters. The second kappa shape index (κ2) is 5.14. The third kappa shape index (κ3) is 4.83. The van der Waals surface area contributed by atoms with E-state index in [0.29, 0.717) is 12.6 Å². The number of aromatic nitrogens is 3. The molecule has 5 heteroatoms. The van der Waals surface area contributed by atoms with Crippen molar-refractivity contribution in [3.05, 3.63) is 12.2 Å². The number of hydrogen-bond acceptors (Lipinski definition) is 4. The van der Waals surface area contributed by atoms with Crippen molar-refractivity contribution in [3.63, 3.8) is 0 Å². The van der Waals surface area contributed by atoms with E-state index in [1.807, 2.05) is 4.68 Å². The molecular formula is C12H22N4O. The molecule has 0 aromatic carbocycles. The number of rotatable bonds is 6. The highest BCUT2D eigenvalue weighted by molar-refractivity contribution is 4.87. The SMILES string of the molecule is CC(C)(C)OCCn1cnc(CNC2CC2)n1. The minimum Gasteiger partial charge on any atom is -0.374 e. The Balaban J connectivity index is 1.69. The summed E-state index contributed by atoms with van der Waals surface area (Å²) in [5, 5.41) is 7.79. The molecule has 1 N–H and O–H groups in total. The first kappa shape index (κ1) is 12.5. The van der Waals surface area contributed by atoms with E-state index < -0.39 is 0 Å². The molecule has 0 radical (unpaired) electrons. The number of ether oxygens (including phenoxy) is 1. The Bertz CT molecular complexity index is 352. The molecule has 0 saturated heterocycles. The van der Waals surface area contributed by atoms with Crippen molar-refractivity contribution in [3.8, 4) is 0 Å². The van der Waals surface area contributed by atoms with Crippen LogP contribution in [0.1, 0.15) is 39.4 Å². The van der Waals surface area contributed by atoms with Crippen LogP contribution in [0.4, 0.5) is 0 Å². The van der Waals surface area contributed by atoms with Gasteiger partial charge in [-0.15, -0.1) is 0 Å². The van der Waals surface area contributed by atoms with Crippen molar-refractivity contribution in [2.24, 2.45) is 0 Å². The van der Waals surface area contributed by atoms with Gasteiger partial charge < -0.3 is 10.1 Å². The fourth-order valence-electron chi connectivity index (χ4n) is 1.49. The summed E-state index contributed by atoms with van der Waals surface area (Å²) in [4.78, 5) is 4.26. The van der Waals surface area contributed by atoms with Gasteiger partial charge in [0.15, 0.2) is 5.82 Å². The molecule has 1 aliphatic rings. The molecular weight excluding hydrogens is 216 g/mol. The molecule has 1 aromatic heterocycles. The second-order valence-electron chi connectivity index (χ2n) is 5.54. The van der Waals surface area contributed by atoms with Crippen LogP contribution in [0.15, 0.2) is 6.33 Å². The van der Waals surface area contributed by atoms with Gasteiger partial charge in [0, 0.05) is 6.04 Å². The molecule has 1 aliphatic carbocycles. The van der Waals surface area contributed by atoms with Crippen LogP contribution in [0.5, 0.6) is 0 Å². The van der Waals surface area contributed by atoms with Crippen molar-refractivity contribution in [2.75, 3.05) is 6.61 Å². The highest BCUT2D eigenvalue weighted by atomic mass is 16.5. The van der Waals surface area contributed by atoms with Crippen LogP contribution in [0.3, 0.4) is 0 Å². The van der Waals surface area contributed by atoms with Crippen LogP contribution in [0, 0.1) is 0 Å². The van der Waals surface area contributed by atoms with Gasteiger partial charge in [-0.1, -0.05) is 0 Å². The highest BCUT2D eigenvalue weighted by Gasteiger charge is 2.20. The predicted molar refractivity (Wildman–Crippen MR) is 65.6 cm³/mol. The summed E-state index contributed by atoms with van der Waals surface area (Å²) in [6.07, 6.45) is 4.36. The standard InChI is InChI=1S/C12H22N4O/c1-12(2,3)17-7-6-16-9-14-11(15-16)8-13-10-4-5-10/h9-10,13H,4-8H2,1-3H3. The summed E-state index contributed by atoms with van der Waals surface area (Å²) in [6, 6.07) is 0.700. The van der Waals surface area contributed by atoms with E-state index >= 15 is 0 Å². The summed E-state index contributed by atoms with van der Waals surface area (Å²) in [5.74, 6) is 0.868. The number of nitrogens with one attached hydrogen (secondary N) is 1. The summed E-state index contributed by atoms with van der Waals surface area (Å²) >= 11 is 0. The zero-order valence-electron chi connectivity index (χ0n) is 10.9. The van der Waals surface area contributed by atoms with Crippen molar-refractivity contribution in [1.82, 2.24) is 20.1 Å². The lowest BCUT2D eigenvalue weighted by molar-refractivity contribution is -0.00795. The van der Waals surface area contributed by atoms with Crippen LogP contribution in [0.25, 0.3) is 0 Å². The molecule has 1 heterocycles. The van der Waals surface area contributed by atoms with E-state index in [-0.39, 0.29) is 5.60 Å². The summed E-state index contributed by atoms with van der Waals surface area (Å²) < 4.78 is 7.49. The summed E-state index contributed by atoms with van der Waals surface area (Å²) in [7, 11) is 0. The average molecular weight is 238 g/mol. The first-order valence-corrected chi connectivity index (χ1v) is 6.28.